The van der Waals surface area contributed by atoms with Crippen LogP contribution in [0.25, 0.3) is 0 Å². The van der Waals surface area contributed by atoms with Crippen molar-refractivity contribution in [2.45, 2.75) is 42.7 Å². The first-order valence-corrected chi connectivity index (χ1v) is 11.0. The van der Waals surface area contributed by atoms with Crippen LogP contribution in [0.5, 0.6) is 0 Å². The first-order chi connectivity index (χ1) is 13.7. The third kappa shape index (κ3) is 3.12. The lowest BCUT2D eigenvalue weighted by atomic mass is 10.1. The summed E-state index contributed by atoms with van der Waals surface area (Å²) in [4.78, 5) is 2.01. The molecule has 2 saturated heterocycles. The zero-order valence-corrected chi connectivity index (χ0v) is 16.3. The molecule has 0 radical (unpaired) electrons. The Hall–Kier alpha value is -2.10. The molecule has 2 aromatic carbocycles. The highest BCUT2D eigenvalue weighted by molar-refractivity contribution is 7.89. The molecule has 2 unspecified atom stereocenters. The number of nitrogens with zero attached hydrogens (tertiary/aromatic N) is 2. The second-order valence-electron chi connectivity index (χ2n) is 7.86. The molecule has 154 valence electrons. The summed E-state index contributed by atoms with van der Waals surface area (Å²) in [7, 11) is -4.04. The maximum Gasteiger partial charge on any atom is 0.416 e. The zero-order valence-electron chi connectivity index (χ0n) is 15.5. The fourth-order valence-corrected chi connectivity index (χ4v) is 6.08. The van der Waals surface area contributed by atoms with Crippen molar-refractivity contribution in [2.24, 2.45) is 0 Å². The fourth-order valence-electron chi connectivity index (χ4n) is 4.65. The van der Waals surface area contributed by atoms with Crippen LogP contribution in [0.4, 0.5) is 18.9 Å². The van der Waals surface area contributed by atoms with Crippen molar-refractivity contribution in [1.29, 1.82) is 0 Å². The van der Waals surface area contributed by atoms with Crippen LogP contribution in [0.3, 0.4) is 0 Å². The number of hydrogen-bond donors (Lipinski definition) is 1. The Bertz CT molecular complexity index is 1070. The van der Waals surface area contributed by atoms with E-state index in [1.165, 1.54) is 10.4 Å². The van der Waals surface area contributed by atoms with Gasteiger partial charge >= 0.3 is 6.18 Å². The minimum Gasteiger partial charge on any atom is -0.365 e. The van der Waals surface area contributed by atoms with E-state index in [4.69, 9.17) is 0 Å². The molecule has 2 fully saturated rings. The predicted molar refractivity (Wildman–Crippen MR) is 102 cm³/mol. The third-order valence-electron chi connectivity index (χ3n) is 6.09. The highest BCUT2D eigenvalue weighted by atomic mass is 32.2. The Labute approximate surface area is 167 Å². The number of hydrogen-bond acceptors (Lipinski definition) is 4. The minimum atomic E-state index is -4.59. The van der Waals surface area contributed by atoms with Gasteiger partial charge in [0.05, 0.1) is 10.5 Å². The maximum atomic E-state index is 13.1. The van der Waals surface area contributed by atoms with E-state index in [1.54, 1.807) is 0 Å². The number of rotatable bonds is 3. The quantitative estimate of drug-likeness (QED) is 0.825. The molecular weight excluding hydrogens is 403 g/mol. The molecule has 5 nitrogen and oxygen atoms in total. The molecule has 29 heavy (non-hydrogen) atoms. The lowest BCUT2D eigenvalue weighted by molar-refractivity contribution is -0.137. The van der Waals surface area contributed by atoms with Crippen molar-refractivity contribution in [2.75, 3.05) is 18.0 Å². The van der Waals surface area contributed by atoms with Gasteiger partial charge < -0.3 is 10.2 Å². The number of piperazine rings is 1. The van der Waals surface area contributed by atoms with Crippen LogP contribution >= 0.6 is 0 Å². The molecule has 2 aromatic rings. The summed E-state index contributed by atoms with van der Waals surface area (Å²) >= 11 is 0. The summed E-state index contributed by atoms with van der Waals surface area (Å²) in [6, 6.07) is 10.7. The summed E-state index contributed by atoms with van der Waals surface area (Å²) in [6.45, 7) is 2.15. The average molecular weight is 423 g/mol. The normalized spacial score (nSPS) is 24.3. The van der Waals surface area contributed by atoms with Gasteiger partial charge in [-0.3, -0.25) is 0 Å². The number of alkyl halides is 3. The molecule has 3 aliphatic heterocycles. The molecule has 1 N–H and O–H groups in total. The van der Waals surface area contributed by atoms with Crippen molar-refractivity contribution in [3.63, 3.8) is 0 Å². The Morgan fingerprint density at radius 2 is 1.86 bits per heavy atom. The summed E-state index contributed by atoms with van der Waals surface area (Å²) in [6.07, 6.45) is -3.51. The lowest BCUT2D eigenvalue weighted by Crippen LogP contribution is -2.44. The molecular formula is C20H20F3N3O2S. The monoisotopic (exact) mass is 423 g/mol. The van der Waals surface area contributed by atoms with E-state index in [-0.39, 0.29) is 18.0 Å². The van der Waals surface area contributed by atoms with Gasteiger partial charge in [0.15, 0.2) is 0 Å². The predicted octanol–water partition coefficient (Wildman–Crippen LogP) is 2.96. The first-order valence-electron chi connectivity index (χ1n) is 9.52. The molecule has 0 aromatic heterocycles. The standard InChI is InChI=1S/C20H20F3N3O2S/c21-20(22,23)14-4-2-5-17(7-14)29(27,28)25-10-13-3-1-6-19(18(13)12-25)26-11-15-8-16(26)9-24-15/h1-7,15-16,24H,8-12H2. The van der Waals surface area contributed by atoms with Crippen molar-refractivity contribution >= 4 is 15.7 Å². The largest absolute Gasteiger partial charge is 0.416 e. The van der Waals surface area contributed by atoms with E-state index < -0.39 is 21.8 Å². The average Bonchev–Trinajstić information content (AvgIpc) is 3.42. The molecule has 0 aliphatic carbocycles. The van der Waals surface area contributed by atoms with Crippen LogP contribution in [0.2, 0.25) is 0 Å². The molecule has 2 atom stereocenters. The maximum absolute atomic E-state index is 13.1. The molecule has 2 bridgehead atoms. The van der Waals surface area contributed by atoms with Gasteiger partial charge in [0.2, 0.25) is 10.0 Å². The summed E-state index contributed by atoms with van der Waals surface area (Å²) in [5.74, 6) is 0. The van der Waals surface area contributed by atoms with Gasteiger partial charge in [-0.15, -0.1) is 0 Å². The van der Waals surface area contributed by atoms with Crippen LogP contribution in [0, 0.1) is 0 Å². The molecule has 3 aliphatic rings. The number of halogens is 3. The molecule has 3 heterocycles. The van der Waals surface area contributed by atoms with Crippen LogP contribution in [0.15, 0.2) is 47.4 Å². The van der Waals surface area contributed by atoms with Gasteiger partial charge in [0.1, 0.15) is 0 Å². The smallest absolute Gasteiger partial charge is 0.365 e. The van der Waals surface area contributed by atoms with Crippen LogP contribution in [-0.4, -0.2) is 37.9 Å². The zero-order chi connectivity index (χ0) is 20.4. The number of sulfonamides is 1. The highest BCUT2D eigenvalue weighted by Crippen LogP contribution is 2.39. The molecule has 5 rings (SSSR count). The van der Waals surface area contributed by atoms with E-state index in [0.29, 0.717) is 18.2 Å². The molecule has 0 saturated carbocycles. The van der Waals surface area contributed by atoms with Gasteiger partial charge in [-0.05, 0) is 41.8 Å². The van der Waals surface area contributed by atoms with Crippen molar-refractivity contribution < 1.29 is 21.6 Å². The Morgan fingerprint density at radius 3 is 2.55 bits per heavy atom. The van der Waals surface area contributed by atoms with E-state index in [9.17, 15) is 21.6 Å². The third-order valence-corrected chi connectivity index (χ3v) is 7.88. The first kappa shape index (κ1) is 18.9. The van der Waals surface area contributed by atoms with Gasteiger partial charge in [0.25, 0.3) is 0 Å². The van der Waals surface area contributed by atoms with Crippen molar-refractivity contribution in [3.05, 3.63) is 59.2 Å². The SMILES string of the molecule is O=S(=O)(c1cccc(C(F)(F)F)c1)N1Cc2cccc(N3CC4CC3CN4)c2C1. The second kappa shape index (κ2) is 6.45. The van der Waals surface area contributed by atoms with Crippen LogP contribution in [0.1, 0.15) is 23.1 Å². The topological polar surface area (TPSA) is 52.7 Å². The van der Waals surface area contributed by atoms with Crippen LogP contribution in [-0.2, 0) is 29.3 Å². The van der Waals surface area contributed by atoms with Gasteiger partial charge in [0, 0.05) is 44.0 Å². The van der Waals surface area contributed by atoms with Crippen LogP contribution < -0.4 is 10.2 Å². The summed E-state index contributed by atoms with van der Waals surface area (Å²) in [5.41, 5.74) is 1.94. The molecule has 9 heteroatoms. The Balaban J connectivity index is 1.45. The van der Waals surface area contributed by atoms with E-state index in [1.807, 2.05) is 18.2 Å². The van der Waals surface area contributed by atoms with Crippen molar-refractivity contribution in [3.8, 4) is 0 Å². The second-order valence-corrected chi connectivity index (χ2v) is 9.80. The number of anilines is 1. The van der Waals surface area contributed by atoms with Crippen molar-refractivity contribution in [1.82, 2.24) is 9.62 Å². The Morgan fingerprint density at radius 1 is 1.07 bits per heavy atom. The number of benzene rings is 2. The van der Waals surface area contributed by atoms with E-state index in [0.717, 1.165) is 48.5 Å². The van der Waals surface area contributed by atoms with Gasteiger partial charge in [-0.25, -0.2) is 8.42 Å². The van der Waals surface area contributed by atoms with E-state index in [2.05, 4.69) is 10.2 Å². The highest BCUT2D eigenvalue weighted by Gasteiger charge is 2.40. The van der Waals surface area contributed by atoms with E-state index >= 15 is 0 Å². The minimum absolute atomic E-state index is 0.169. The van der Waals surface area contributed by atoms with Gasteiger partial charge in [-0.2, -0.15) is 17.5 Å². The summed E-state index contributed by atoms with van der Waals surface area (Å²) in [5, 5.41) is 3.46. The molecule has 0 spiro atoms. The summed E-state index contributed by atoms with van der Waals surface area (Å²) < 4.78 is 66.5. The molecule has 0 amide bonds. The number of nitrogens with one attached hydrogen (secondary N) is 1. The Kier molecular flexibility index (Phi) is 4.20. The van der Waals surface area contributed by atoms with Gasteiger partial charge in [-0.1, -0.05) is 18.2 Å². The fraction of sp³-hybridized carbons (Fsp3) is 0.400. The lowest BCUT2D eigenvalue weighted by Gasteiger charge is -2.31. The number of fused-ring (bicyclic) bond motifs is 3.